The monoisotopic (exact) mass is 1820 g/mol. The van der Waals surface area contributed by atoms with Crippen molar-refractivity contribution in [2.24, 2.45) is 40.9 Å². The number of hydrogen-bond acceptors (Lipinski definition) is 36. The Morgan fingerprint density at radius 2 is 0.912 bits per heavy atom. The van der Waals surface area contributed by atoms with Gasteiger partial charge in [-0.2, -0.15) is 94.2 Å². The predicted molar refractivity (Wildman–Crippen MR) is 433 cm³/mol. The van der Waals surface area contributed by atoms with Gasteiger partial charge in [0, 0.05) is 48.7 Å². The molecule has 9 N–H and O–H groups in total. The summed E-state index contributed by atoms with van der Waals surface area (Å²) in [5, 5.41) is 78.9. The van der Waals surface area contributed by atoms with Crippen LogP contribution in [0, 0.1) is 26.0 Å². The van der Waals surface area contributed by atoms with Crippen LogP contribution in [0.3, 0.4) is 0 Å². The number of hydrogen-bond donors (Lipinski definition) is 9. The van der Waals surface area contributed by atoms with E-state index in [-0.39, 0.29) is 183 Å². The summed E-state index contributed by atoms with van der Waals surface area (Å²) < 4.78 is 129. The van der Waals surface area contributed by atoms with Crippen LogP contribution in [0.4, 0.5) is 102 Å². The minimum absolute atomic E-state index is 0. The molecule has 0 aliphatic carbocycles. The number of amides is 2. The number of aliphatic hydroxyl groups is 2. The van der Waals surface area contributed by atoms with Crippen molar-refractivity contribution in [3.05, 3.63) is 269 Å². The first-order valence-corrected chi connectivity index (χ1v) is 39.0. The number of hydrazine groups is 1. The maximum absolute atomic E-state index is 12.7. The van der Waals surface area contributed by atoms with E-state index in [9.17, 15) is 55.6 Å². The van der Waals surface area contributed by atoms with Crippen LogP contribution in [0.2, 0.25) is 0 Å². The second-order valence-electron chi connectivity index (χ2n) is 24.2. The number of carbonyl (C=O) groups excluding carboxylic acids is 2. The average molecular weight is 1820 g/mol. The van der Waals surface area contributed by atoms with Crippen LogP contribution in [0.1, 0.15) is 32.7 Å². The van der Waals surface area contributed by atoms with Crippen molar-refractivity contribution in [3.8, 4) is 17.2 Å². The number of nitrogens with zero attached hydrogens (tertiary/aromatic N) is 13. The largest absolute Gasteiger partial charge is 1.00 e. The van der Waals surface area contributed by atoms with Crippen LogP contribution < -0.4 is 205 Å². The number of aryl methyl sites for hydroxylation is 2. The molecule has 0 aliphatic rings. The van der Waals surface area contributed by atoms with Crippen molar-refractivity contribution < 1.29 is 233 Å². The molecule has 0 saturated heterocycles. The zero-order valence-corrected chi connectivity index (χ0v) is 81.7. The van der Waals surface area contributed by atoms with Crippen molar-refractivity contribution in [1.82, 2.24) is 24.7 Å². The van der Waals surface area contributed by atoms with E-state index < -0.39 is 81.1 Å². The number of aromatic carboxylic acids is 1. The van der Waals surface area contributed by atoms with E-state index in [0.717, 1.165) is 45.8 Å². The van der Waals surface area contributed by atoms with E-state index in [1.54, 1.807) is 109 Å². The molecule has 49 heteroatoms. The summed E-state index contributed by atoms with van der Waals surface area (Å²) in [5.41, 5.74) is 13.7. The number of ether oxygens (including phenoxy) is 2. The van der Waals surface area contributed by atoms with Crippen molar-refractivity contribution in [3.63, 3.8) is 0 Å². The molecule has 0 radical (unpaired) electrons. The Morgan fingerprint density at radius 3 is 1.37 bits per heavy atom. The van der Waals surface area contributed by atoms with Gasteiger partial charge in [0.05, 0.1) is 100 Å². The third kappa shape index (κ3) is 36.1. The standard InChI is InChI=1S/C32H31N10O2.C27H23N6O6S.C17H16N4O6S.5Na.2O3S/c1-21-9-8-12-24(17-21)39-40-25-13-15-27(22(18-25)20-43)33-30-35-31(37-32(36-30)42(2)3)34-28-16-14-26(19-29(28)44-4)41-38-23-10-6-5-7-11-23;1-39-26-16-22(33-30-19-6-3-2-4-7-19)11-13-25(26)29-27(35)28-24-12-10-21(14-18(24)17-34)32-31-20-8-5-9-23(15-20)40(36,37)38;1-10-2-4-11(5-3-10)18-19-14-15(17(23)24)20-21(16(14)22)12-6-8-13(9-7-12)28(25,26)27;;;;;;2*1-4(2)3/h5-6,8-19,43H,20H2,1-4H3,(H2,33,34,35,36,37);2-3,5-16,34H,17H2,1H3,(H2,28,29,35)(H,36,37,38);2-9,18-20H,1H3,(H,23,24)(H,25,26,27);;;;;;;/q2*-1;;5*+1;;/p-3. The van der Waals surface area contributed by atoms with Crippen LogP contribution in [0.5, 0.6) is 11.5 Å². The molecule has 620 valence electrons. The number of nitrogens with one attached hydrogen (secondary N) is 7. The van der Waals surface area contributed by atoms with Gasteiger partial charge in [0.1, 0.15) is 43.1 Å². The second-order valence-corrected chi connectivity index (χ2v) is 27.7. The van der Waals surface area contributed by atoms with Gasteiger partial charge in [-0.25, -0.2) is 36.5 Å². The number of methoxy groups -OCH3 is 2. The Hall–Kier alpha value is -10.1. The van der Waals surface area contributed by atoms with E-state index in [1.807, 2.05) is 82.5 Å². The van der Waals surface area contributed by atoms with E-state index >= 15 is 0 Å². The SMILES string of the molecule is COc1cc(N=Nc2c[c-]ccc2)ccc1NC(=O)Nc1ccc(N=Nc2cccc(S(=O)(=O)[O-])c2)cc1CO.COc1cc(N=Nc2c[c-]ccc2)ccc1Nc1nc(Nc2ccc(N=Nc3cccc(C)c3)cc2CO)nc(N(C)C)n1.Cc1ccc(NNc2c(C(=O)[O-])[nH]n(-c3ccc(S(=O)(=O)[O-])cc3)c2=O)cc1.O=S(=O)=O.O=S(=O)=O.[Na+].[Na+].[Na+].[Na+].[Na+]. The van der Waals surface area contributed by atoms with Gasteiger partial charge in [0.2, 0.25) is 17.8 Å². The summed E-state index contributed by atoms with van der Waals surface area (Å²) >= 11 is 0. The number of carboxylic acids is 1. The summed E-state index contributed by atoms with van der Waals surface area (Å²) in [6, 6.07) is 64.2. The first-order chi connectivity index (χ1) is 57.3. The van der Waals surface area contributed by atoms with Gasteiger partial charge < -0.3 is 70.3 Å². The van der Waals surface area contributed by atoms with Crippen LogP contribution in [-0.2, 0) is 54.7 Å². The topological polar surface area (TPSA) is 584 Å². The van der Waals surface area contributed by atoms with E-state index in [4.69, 9.17) is 34.7 Å². The fourth-order valence-electron chi connectivity index (χ4n) is 9.84. The number of urea groups is 1. The molecule has 12 aromatic rings. The van der Waals surface area contributed by atoms with Gasteiger partial charge in [-0.15, -0.1) is 37.4 Å². The Bertz CT molecular complexity index is 6290. The number of aromatic nitrogens is 5. The number of carbonyl (C=O) groups is 2. The quantitative estimate of drug-likeness (QED) is 0.00884. The van der Waals surface area contributed by atoms with Gasteiger partial charge >= 0.3 is 175 Å². The Balaban J connectivity index is 0.000000463. The maximum Gasteiger partial charge on any atom is 1.00 e. The molecule has 0 saturated carbocycles. The molecule has 2 amide bonds. The molecule has 0 fully saturated rings. The minimum Gasteiger partial charge on any atom is -0.744 e. The molecule has 12 rings (SSSR count). The average Bonchev–Trinajstić information content (AvgIpc) is 1.63. The van der Waals surface area contributed by atoms with Gasteiger partial charge in [-0.05, 0) is 158 Å². The van der Waals surface area contributed by atoms with Crippen LogP contribution in [0.15, 0.2) is 274 Å². The fraction of sp³-hybridized carbons (Fsp3) is 0.105. The van der Waals surface area contributed by atoms with Crippen LogP contribution >= 0.6 is 0 Å². The smallest absolute Gasteiger partial charge is 0.744 e. The summed E-state index contributed by atoms with van der Waals surface area (Å²) in [5.74, 6) is 0.247. The summed E-state index contributed by atoms with van der Waals surface area (Å²) in [6.45, 7) is 3.26. The summed E-state index contributed by atoms with van der Waals surface area (Å²) in [7, 11) is -8.80. The van der Waals surface area contributed by atoms with Crippen molar-refractivity contribution in [2.75, 3.05) is 65.3 Å². The molecular formula is C76H67N20Na5O20S4. The second kappa shape index (κ2) is 54.1. The molecule has 0 spiro atoms. The molecule has 2 aromatic heterocycles. The van der Waals surface area contributed by atoms with Crippen LogP contribution in [0.25, 0.3) is 5.69 Å². The van der Waals surface area contributed by atoms with E-state index in [0.29, 0.717) is 91.1 Å². The van der Waals surface area contributed by atoms with Crippen molar-refractivity contribution >= 4 is 151 Å². The minimum atomic E-state index is -4.64. The number of benzene rings is 10. The van der Waals surface area contributed by atoms with Crippen molar-refractivity contribution in [2.45, 2.75) is 36.9 Å². The normalized spacial score (nSPS) is 10.5. The third-order valence-electron chi connectivity index (χ3n) is 15.4. The molecule has 0 aliphatic heterocycles. The van der Waals surface area contributed by atoms with Gasteiger partial charge in [-0.1, -0.05) is 35.9 Å². The molecule has 40 nitrogen and oxygen atoms in total. The number of anilines is 9. The van der Waals surface area contributed by atoms with E-state index in [1.165, 1.54) is 49.6 Å². The molecule has 0 unspecified atom stereocenters. The maximum atomic E-state index is 12.7. The molecule has 0 bridgehead atoms. The number of carboxylic acid groups (broad SMARTS) is 1. The first kappa shape index (κ1) is 109. The van der Waals surface area contributed by atoms with Crippen LogP contribution in [-0.4, -0.2) is 126 Å². The number of aliphatic hydroxyl groups excluding tert-OH is 2. The zero-order valence-electron chi connectivity index (χ0n) is 68.4. The van der Waals surface area contributed by atoms with E-state index in [2.05, 4.69) is 105 Å². The van der Waals surface area contributed by atoms with Gasteiger partial charge in [0.15, 0.2) is 0 Å². The molecule has 125 heavy (non-hydrogen) atoms. The summed E-state index contributed by atoms with van der Waals surface area (Å²) in [6.07, 6.45) is 0. The Labute approximate surface area is 828 Å². The number of H-pyrrole nitrogens is 1. The number of rotatable bonds is 26. The summed E-state index contributed by atoms with van der Waals surface area (Å²) in [4.78, 5) is 51.2. The Morgan fingerprint density at radius 1 is 0.496 bits per heavy atom. The number of azo groups is 4. The molecule has 0 atom stereocenters. The van der Waals surface area contributed by atoms with Gasteiger partial charge in [0.25, 0.3) is 5.56 Å². The number of aromatic amines is 1. The fourth-order valence-corrected chi connectivity index (χ4v) is 10.8. The first-order valence-electron chi connectivity index (χ1n) is 34.1. The molecule has 2 heterocycles. The van der Waals surface area contributed by atoms with Gasteiger partial charge in [-0.3, -0.25) is 15.3 Å². The predicted octanol–water partition coefficient (Wildman–Crippen LogP) is -2.58. The molecular weight excluding hydrogens is 1760 g/mol. The zero-order chi connectivity index (χ0) is 87.1. The third-order valence-corrected chi connectivity index (χ3v) is 17.1. The Kier molecular flexibility index (Phi) is 47.2. The molecule has 10 aromatic carbocycles. The van der Waals surface area contributed by atoms with Crippen molar-refractivity contribution in [1.29, 1.82) is 0 Å².